The fourth-order valence-corrected chi connectivity index (χ4v) is 4.15. The van der Waals surface area contributed by atoms with Gasteiger partial charge in [0.1, 0.15) is 5.92 Å². The summed E-state index contributed by atoms with van der Waals surface area (Å²) in [5.41, 5.74) is 2.31. The summed E-state index contributed by atoms with van der Waals surface area (Å²) in [5, 5.41) is 3.06. The largest absolute Gasteiger partial charge is 0.343 e. The number of aryl methyl sites for hydroxylation is 2. The summed E-state index contributed by atoms with van der Waals surface area (Å²) >= 11 is 0. The molecule has 3 rings (SSSR count). The molecule has 0 aromatic heterocycles. The molecule has 1 N–H and O–H groups in total. The average Bonchev–Trinajstić information content (AvgIpc) is 2.74. The van der Waals surface area contributed by atoms with Gasteiger partial charge >= 0.3 is 0 Å². The van der Waals surface area contributed by atoms with E-state index in [-0.39, 0.29) is 17.6 Å². The van der Waals surface area contributed by atoms with Gasteiger partial charge in [-0.1, -0.05) is 43.0 Å². The van der Waals surface area contributed by atoms with Gasteiger partial charge < -0.3 is 5.32 Å². The van der Waals surface area contributed by atoms with Crippen molar-refractivity contribution in [1.29, 1.82) is 0 Å². The van der Waals surface area contributed by atoms with E-state index in [4.69, 9.17) is 0 Å². The topological polar surface area (TPSA) is 46.2 Å². The number of Topliss-reactive ketones (excluding diaryl/α,β-unsaturated/α-hetero) is 1. The molecule has 2 aliphatic rings. The Morgan fingerprint density at radius 3 is 2.45 bits per heavy atom. The standard InChI is InChI=1S/C19H25NO2/c1-12-9-10-13(2)15(11-12)16-17(21)19(3,20-18(16)22)14-7-5-4-6-8-14/h9-11,14,16H,4-8H2,1-3H3,(H,20,22). The van der Waals surface area contributed by atoms with Crippen LogP contribution in [0.2, 0.25) is 0 Å². The van der Waals surface area contributed by atoms with Crippen LogP contribution in [0.25, 0.3) is 0 Å². The third kappa shape index (κ3) is 2.37. The number of hydrogen-bond acceptors (Lipinski definition) is 2. The van der Waals surface area contributed by atoms with E-state index in [2.05, 4.69) is 5.32 Å². The highest BCUT2D eigenvalue weighted by atomic mass is 16.2. The van der Waals surface area contributed by atoms with Crippen LogP contribution in [0.3, 0.4) is 0 Å². The third-order valence-corrected chi connectivity index (χ3v) is 5.59. The number of rotatable bonds is 2. The van der Waals surface area contributed by atoms with Crippen molar-refractivity contribution in [3.05, 3.63) is 34.9 Å². The van der Waals surface area contributed by atoms with Crippen molar-refractivity contribution < 1.29 is 9.59 Å². The van der Waals surface area contributed by atoms with Crippen LogP contribution in [0.1, 0.15) is 61.6 Å². The van der Waals surface area contributed by atoms with Crippen molar-refractivity contribution in [3.8, 4) is 0 Å². The van der Waals surface area contributed by atoms with Crippen LogP contribution in [0.15, 0.2) is 18.2 Å². The van der Waals surface area contributed by atoms with Crippen LogP contribution in [0.5, 0.6) is 0 Å². The second kappa shape index (κ2) is 5.53. The molecule has 2 atom stereocenters. The first-order valence-corrected chi connectivity index (χ1v) is 8.37. The summed E-state index contributed by atoms with van der Waals surface area (Å²) < 4.78 is 0. The molecule has 0 bridgehead atoms. The second-order valence-electron chi connectivity index (χ2n) is 7.18. The molecular formula is C19H25NO2. The van der Waals surface area contributed by atoms with Gasteiger partial charge in [-0.25, -0.2) is 0 Å². The highest BCUT2D eigenvalue weighted by Gasteiger charge is 2.54. The lowest BCUT2D eigenvalue weighted by molar-refractivity contribution is -0.126. The first kappa shape index (κ1) is 15.3. The molecule has 1 aromatic carbocycles. The molecule has 1 saturated carbocycles. The molecule has 2 fully saturated rings. The van der Waals surface area contributed by atoms with Gasteiger partial charge in [-0.2, -0.15) is 0 Å². The first-order valence-electron chi connectivity index (χ1n) is 8.37. The maximum Gasteiger partial charge on any atom is 0.235 e. The van der Waals surface area contributed by atoms with E-state index in [1.807, 2.05) is 39.0 Å². The van der Waals surface area contributed by atoms with Gasteiger partial charge in [0.15, 0.2) is 5.78 Å². The molecule has 1 amide bonds. The smallest absolute Gasteiger partial charge is 0.235 e. The molecule has 0 radical (unpaired) electrons. The summed E-state index contributed by atoms with van der Waals surface area (Å²) in [5.74, 6) is -0.399. The minimum Gasteiger partial charge on any atom is -0.343 e. The van der Waals surface area contributed by atoms with Crippen molar-refractivity contribution in [3.63, 3.8) is 0 Å². The van der Waals surface area contributed by atoms with E-state index in [0.717, 1.165) is 42.4 Å². The van der Waals surface area contributed by atoms with Gasteiger partial charge in [0, 0.05) is 0 Å². The SMILES string of the molecule is Cc1ccc(C)c(C2C(=O)NC(C)(C3CCCCC3)C2=O)c1. The van der Waals surface area contributed by atoms with E-state index in [1.165, 1.54) is 6.42 Å². The second-order valence-corrected chi connectivity index (χ2v) is 7.18. The summed E-state index contributed by atoms with van der Waals surface area (Å²) in [7, 11) is 0. The maximum atomic E-state index is 13.1. The summed E-state index contributed by atoms with van der Waals surface area (Å²) in [6, 6.07) is 6.02. The maximum absolute atomic E-state index is 13.1. The molecule has 1 heterocycles. The molecule has 1 aliphatic carbocycles. The average molecular weight is 299 g/mol. The fourth-order valence-electron chi connectivity index (χ4n) is 4.15. The van der Waals surface area contributed by atoms with Crippen LogP contribution in [0.4, 0.5) is 0 Å². The quantitative estimate of drug-likeness (QED) is 0.850. The fraction of sp³-hybridized carbons (Fsp3) is 0.579. The van der Waals surface area contributed by atoms with Gasteiger partial charge in [0.05, 0.1) is 5.54 Å². The molecule has 22 heavy (non-hydrogen) atoms. The van der Waals surface area contributed by atoms with Gasteiger partial charge in [-0.3, -0.25) is 9.59 Å². The number of carbonyl (C=O) groups excluding carboxylic acids is 2. The Morgan fingerprint density at radius 1 is 1.09 bits per heavy atom. The number of benzene rings is 1. The molecule has 118 valence electrons. The lowest BCUT2D eigenvalue weighted by atomic mass is 9.72. The molecule has 2 unspecified atom stereocenters. The number of nitrogens with one attached hydrogen (secondary N) is 1. The van der Waals surface area contributed by atoms with E-state index in [1.54, 1.807) is 0 Å². The van der Waals surface area contributed by atoms with E-state index in [0.29, 0.717) is 0 Å². The van der Waals surface area contributed by atoms with Crippen LogP contribution in [-0.2, 0) is 9.59 Å². The molecule has 1 aliphatic heterocycles. The zero-order valence-corrected chi connectivity index (χ0v) is 13.7. The van der Waals surface area contributed by atoms with Crippen molar-refractivity contribution in [2.75, 3.05) is 0 Å². The first-order chi connectivity index (χ1) is 10.4. The van der Waals surface area contributed by atoms with Crippen LogP contribution < -0.4 is 5.32 Å². The molecule has 1 aromatic rings. The van der Waals surface area contributed by atoms with Crippen molar-refractivity contribution in [2.24, 2.45) is 5.92 Å². The zero-order chi connectivity index (χ0) is 15.9. The van der Waals surface area contributed by atoms with Gasteiger partial charge in [0.2, 0.25) is 5.91 Å². The van der Waals surface area contributed by atoms with Crippen molar-refractivity contribution in [1.82, 2.24) is 5.32 Å². The zero-order valence-electron chi connectivity index (χ0n) is 13.7. The van der Waals surface area contributed by atoms with E-state index < -0.39 is 11.5 Å². The number of ketones is 1. The van der Waals surface area contributed by atoms with Crippen LogP contribution in [-0.4, -0.2) is 17.2 Å². The molecule has 3 nitrogen and oxygen atoms in total. The number of hydrogen-bond donors (Lipinski definition) is 1. The monoisotopic (exact) mass is 299 g/mol. The van der Waals surface area contributed by atoms with E-state index in [9.17, 15) is 9.59 Å². The van der Waals surface area contributed by atoms with Gasteiger partial charge in [-0.15, -0.1) is 0 Å². The Balaban J connectivity index is 1.96. The van der Waals surface area contributed by atoms with Crippen molar-refractivity contribution in [2.45, 2.75) is 64.3 Å². The molecular weight excluding hydrogens is 274 g/mol. The Hall–Kier alpha value is -1.64. The lowest BCUT2D eigenvalue weighted by Gasteiger charge is -2.35. The van der Waals surface area contributed by atoms with E-state index >= 15 is 0 Å². The summed E-state index contributed by atoms with van der Waals surface area (Å²) in [6.45, 7) is 5.92. The summed E-state index contributed by atoms with van der Waals surface area (Å²) in [6.07, 6.45) is 5.66. The predicted molar refractivity (Wildman–Crippen MR) is 86.8 cm³/mol. The Labute approximate surface area is 132 Å². The molecule has 3 heteroatoms. The number of amides is 1. The predicted octanol–water partition coefficient (Wildman–Crippen LogP) is 3.42. The van der Waals surface area contributed by atoms with Gasteiger partial charge in [-0.05, 0) is 50.7 Å². The van der Waals surface area contributed by atoms with Crippen LogP contribution >= 0.6 is 0 Å². The normalized spacial score (nSPS) is 29.7. The lowest BCUT2D eigenvalue weighted by Crippen LogP contribution is -2.50. The third-order valence-electron chi connectivity index (χ3n) is 5.59. The number of carbonyl (C=O) groups is 2. The Bertz CT molecular complexity index is 616. The minimum atomic E-state index is -0.682. The minimum absolute atomic E-state index is 0.0677. The van der Waals surface area contributed by atoms with Crippen LogP contribution in [0, 0.1) is 19.8 Å². The molecule has 0 spiro atoms. The van der Waals surface area contributed by atoms with Crippen molar-refractivity contribution >= 4 is 11.7 Å². The molecule has 1 saturated heterocycles. The Morgan fingerprint density at radius 2 is 1.77 bits per heavy atom. The Kier molecular flexibility index (Phi) is 3.84. The highest BCUT2D eigenvalue weighted by Crippen LogP contribution is 2.41. The van der Waals surface area contributed by atoms with Gasteiger partial charge in [0.25, 0.3) is 0 Å². The highest BCUT2D eigenvalue weighted by molar-refractivity contribution is 6.17. The summed E-state index contributed by atoms with van der Waals surface area (Å²) in [4.78, 5) is 25.7.